The van der Waals surface area contributed by atoms with Crippen molar-refractivity contribution >= 4 is 31.6 Å². The summed E-state index contributed by atoms with van der Waals surface area (Å²) in [5.41, 5.74) is 3.12. The van der Waals surface area contributed by atoms with Crippen molar-refractivity contribution in [1.29, 1.82) is 0 Å². The first kappa shape index (κ1) is 19.9. The number of benzene rings is 2. The highest BCUT2D eigenvalue weighted by atomic mass is 79.9. The van der Waals surface area contributed by atoms with Gasteiger partial charge in [-0.05, 0) is 53.3 Å². The second kappa shape index (κ2) is 7.44. The van der Waals surface area contributed by atoms with Crippen LogP contribution in [0.1, 0.15) is 37.4 Å². The topological polar surface area (TPSA) is 58.6 Å². The summed E-state index contributed by atoms with van der Waals surface area (Å²) in [5, 5.41) is 3.61. The predicted octanol–water partition coefficient (Wildman–Crippen LogP) is 4.30. The van der Waals surface area contributed by atoms with E-state index >= 15 is 0 Å². The molecule has 0 saturated carbocycles. The maximum atomic E-state index is 13.1. The molecule has 2 aliphatic heterocycles. The number of halogens is 1. The van der Waals surface area contributed by atoms with Crippen molar-refractivity contribution in [3.05, 3.63) is 58.1 Å². The SMILES string of the molecule is CC1(C)CC(c2cccc(Br)c2)Nc2ccc(S(=O)(=O)N3CCOCC3)cc21. The van der Waals surface area contributed by atoms with Crippen LogP contribution in [0.3, 0.4) is 0 Å². The molecule has 2 aliphatic rings. The third-order valence-electron chi connectivity index (χ3n) is 5.62. The minimum atomic E-state index is -3.50. The highest BCUT2D eigenvalue weighted by Crippen LogP contribution is 2.45. The van der Waals surface area contributed by atoms with Crippen LogP contribution < -0.4 is 5.32 Å². The molecule has 0 radical (unpaired) electrons. The molecule has 4 rings (SSSR count). The van der Waals surface area contributed by atoms with Crippen molar-refractivity contribution in [2.75, 3.05) is 31.6 Å². The smallest absolute Gasteiger partial charge is 0.243 e. The second-order valence-corrected chi connectivity index (χ2v) is 10.9. The maximum Gasteiger partial charge on any atom is 0.243 e. The number of hydrogen-bond donors (Lipinski definition) is 1. The number of rotatable bonds is 3. The number of hydrogen-bond acceptors (Lipinski definition) is 4. The largest absolute Gasteiger partial charge is 0.379 e. The van der Waals surface area contributed by atoms with Crippen LogP contribution in [-0.2, 0) is 20.2 Å². The van der Waals surface area contributed by atoms with Gasteiger partial charge in [0, 0.05) is 23.2 Å². The van der Waals surface area contributed by atoms with Crippen molar-refractivity contribution in [2.24, 2.45) is 0 Å². The van der Waals surface area contributed by atoms with Crippen LogP contribution in [0, 0.1) is 0 Å². The van der Waals surface area contributed by atoms with Crippen LogP contribution in [0.4, 0.5) is 5.69 Å². The lowest BCUT2D eigenvalue weighted by Crippen LogP contribution is -2.40. The van der Waals surface area contributed by atoms with Gasteiger partial charge in [-0.1, -0.05) is 41.9 Å². The van der Waals surface area contributed by atoms with Gasteiger partial charge in [0.15, 0.2) is 0 Å². The van der Waals surface area contributed by atoms with E-state index in [9.17, 15) is 8.42 Å². The van der Waals surface area contributed by atoms with Crippen LogP contribution in [-0.4, -0.2) is 39.0 Å². The summed E-state index contributed by atoms with van der Waals surface area (Å²) in [4.78, 5) is 0.365. The summed E-state index contributed by atoms with van der Waals surface area (Å²) in [7, 11) is -3.50. The molecule has 0 spiro atoms. The molecule has 1 saturated heterocycles. The molecule has 1 unspecified atom stereocenters. The molecule has 0 amide bonds. The lowest BCUT2D eigenvalue weighted by atomic mass is 9.74. The Morgan fingerprint density at radius 2 is 1.89 bits per heavy atom. The lowest BCUT2D eigenvalue weighted by Gasteiger charge is -2.39. The Bertz CT molecular complexity index is 985. The molecule has 150 valence electrons. The summed E-state index contributed by atoms with van der Waals surface area (Å²) in [6.45, 7) is 6.08. The Morgan fingerprint density at radius 1 is 1.14 bits per heavy atom. The molecule has 1 N–H and O–H groups in total. The van der Waals surface area contributed by atoms with Gasteiger partial charge in [0.25, 0.3) is 0 Å². The molecule has 2 heterocycles. The monoisotopic (exact) mass is 464 g/mol. The third kappa shape index (κ3) is 3.73. The Kier molecular flexibility index (Phi) is 5.29. The van der Waals surface area contributed by atoms with Crippen LogP contribution in [0.2, 0.25) is 0 Å². The lowest BCUT2D eigenvalue weighted by molar-refractivity contribution is 0.0730. The third-order valence-corrected chi connectivity index (χ3v) is 8.01. The van der Waals surface area contributed by atoms with E-state index in [2.05, 4.69) is 47.2 Å². The molecule has 7 heteroatoms. The van der Waals surface area contributed by atoms with Crippen molar-refractivity contribution < 1.29 is 13.2 Å². The van der Waals surface area contributed by atoms with E-state index in [0.717, 1.165) is 22.1 Å². The minimum absolute atomic E-state index is 0.149. The first-order valence-electron chi connectivity index (χ1n) is 9.52. The van der Waals surface area contributed by atoms with Gasteiger partial charge in [0.2, 0.25) is 10.0 Å². The Balaban J connectivity index is 1.68. The van der Waals surface area contributed by atoms with Gasteiger partial charge in [0.05, 0.1) is 24.2 Å². The van der Waals surface area contributed by atoms with Gasteiger partial charge in [-0.3, -0.25) is 0 Å². The van der Waals surface area contributed by atoms with E-state index in [1.54, 1.807) is 6.07 Å². The molecular weight excluding hydrogens is 440 g/mol. The summed E-state index contributed by atoms with van der Waals surface area (Å²) >= 11 is 3.55. The van der Waals surface area contributed by atoms with Crippen molar-refractivity contribution in [2.45, 2.75) is 36.6 Å². The standard InChI is InChI=1S/C21H25BrN2O3S/c1-21(2)14-20(15-4-3-5-16(22)12-15)23-19-7-6-17(13-18(19)21)28(25,26)24-8-10-27-11-9-24/h3-7,12-13,20,23H,8-11,14H2,1-2H3. The van der Waals surface area contributed by atoms with Gasteiger partial charge in [-0.25, -0.2) is 8.42 Å². The van der Waals surface area contributed by atoms with Crippen molar-refractivity contribution in [3.8, 4) is 0 Å². The Morgan fingerprint density at radius 3 is 2.61 bits per heavy atom. The van der Waals surface area contributed by atoms with E-state index in [0.29, 0.717) is 31.2 Å². The summed E-state index contributed by atoms with van der Waals surface area (Å²) in [6.07, 6.45) is 0.886. The first-order valence-corrected chi connectivity index (χ1v) is 11.8. The fourth-order valence-electron chi connectivity index (χ4n) is 4.09. The molecule has 0 aliphatic carbocycles. The Labute approximate surface area is 175 Å². The van der Waals surface area contributed by atoms with Crippen LogP contribution in [0.25, 0.3) is 0 Å². The van der Waals surface area contributed by atoms with Gasteiger partial charge < -0.3 is 10.1 Å². The van der Waals surface area contributed by atoms with E-state index < -0.39 is 10.0 Å². The number of sulfonamides is 1. The fourth-order valence-corrected chi connectivity index (χ4v) is 5.94. The molecule has 0 bridgehead atoms. The number of anilines is 1. The predicted molar refractivity (Wildman–Crippen MR) is 114 cm³/mol. The van der Waals surface area contributed by atoms with Crippen LogP contribution in [0.15, 0.2) is 51.8 Å². The van der Waals surface area contributed by atoms with Crippen molar-refractivity contribution in [3.63, 3.8) is 0 Å². The molecule has 1 fully saturated rings. The van der Waals surface area contributed by atoms with Gasteiger partial charge in [0.1, 0.15) is 0 Å². The Hall–Kier alpha value is -1.41. The van der Waals surface area contributed by atoms with Crippen LogP contribution in [0.5, 0.6) is 0 Å². The highest BCUT2D eigenvalue weighted by molar-refractivity contribution is 9.10. The second-order valence-electron chi connectivity index (χ2n) is 8.06. The number of nitrogens with zero attached hydrogens (tertiary/aromatic N) is 1. The molecular formula is C21H25BrN2O3S. The number of ether oxygens (including phenoxy) is 1. The van der Waals surface area contributed by atoms with Gasteiger partial charge in [-0.2, -0.15) is 4.31 Å². The van der Waals surface area contributed by atoms with E-state index in [-0.39, 0.29) is 11.5 Å². The highest BCUT2D eigenvalue weighted by Gasteiger charge is 2.35. The van der Waals surface area contributed by atoms with E-state index in [4.69, 9.17) is 4.74 Å². The van der Waals surface area contributed by atoms with Gasteiger partial charge in [-0.15, -0.1) is 0 Å². The summed E-state index contributed by atoms with van der Waals surface area (Å²) < 4.78 is 34.0. The summed E-state index contributed by atoms with van der Waals surface area (Å²) in [5.74, 6) is 0. The molecule has 0 aromatic heterocycles. The fraction of sp³-hybridized carbons (Fsp3) is 0.429. The quantitative estimate of drug-likeness (QED) is 0.735. The van der Waals surface area contributed by atoms with Crippen LogP contribution >= 0.6 is 15.9 Å². The van der Waals surface area contributed by atoms with Gasteiger partial charge >= 0.3 is 0 Å². The number of nitrogens with one attached hydrogen (secondary N) is 1. The minimum Gasteiger partial charge on any atom is -0.379 e. The van der Waals surface area contributed by atoms with Crippen molar-refractivity contribution in [1.82, 2.24) is 4.31 Å². The summed E-state index contributed by atoms with van der Waals surface area (Å²) in [6, 6.07) is 14.0. The van der Waals surface area contributed by atoms with E-state index in [1.807, 2.05) is 24.3 Å². The zero-order valence-corrected chi connectivity index (χ0v) is 18.5. The number of fused-ring (bicyclic) bond motifs is 1. The zero-order valence-electron chi connectivity index (χ0n) is 16.1. The average Bonchev–Trinajstić information content (AvgIpc) is 2.68. The maximum absolute atomic E-state index is 13.1. The molecule has 2 aromatic carbocycles. The first-order chi connectivity index (χ1) is 13.3. The number of morpholine rings is 1. The zero-order chi connectivity index (χ0) is 19.9. The van der Waals surface area contributed by atoms with E-state index in [1.165, 1.54) is 9.87 Å². The molecule has 1 atom stereocenters. The average molecular weight is 465 g/mol. The molecule has 5 nitrogen and oxygen atoms in total. The normalized spacial score (nSPS) is 22.3. The molecule has 28 heavy (non-hydrogen) atoms. The molecule has 2 aromatic rings.